The van der Waals surface area contributed by atoms with Crippen molar-refractivity contribution >= 4 is 48.6 Å². The molecule has 1 aromatic carbocycles. The summed E-state index contributed by atoms with van der Waals surface area (Å²) >= 11 is 2.71. The summed E-state index contributed by atoms with van der Waals surface area (Å²) in [5, 5.41) is 7.88. The third kappa shape index (κ3) is 5.61. The fraction of sp³-hybridized carbons (Fsp3) is 0.292. The van der Waals surface area contributed by atoms with Crippen molar-refractivity contribution in [2.75, 3.05) is 23.8 Å². The molecular formula is C24H29N5O4S3. The highest BCUT2D eigenvalue weighted by Gasteiger charge is 2.29. The van der Waals surface area contributed by atoms with E-state index >= 15 is 0 Å². The minimum absolute atomic E-state index is 0. The Morgan fingerprint density at radius 1 is 1.08 bits per heavy atom. The summed E-state index contributed by atoms with van der Waals surface area (Å²) in [5.41, 5.74) is 2.23. The number of nitrogens with one attached hydrogen (secondary N) is 1. The molecule has 0 aliphatic carbocycles. The van der Waals surface area contributed by atoms with Gasteiger partial charge in [0.1, 0.15) is 11.5 Å². The van der Waals surface area contributed by atoms with Crippen LogP contribution in [0.4, 0.5) is 16.0 Å². The van der Waals surface area contributed by atoms with Gasteiger partial charge in [-0.05, 0) is 24.3 Å². The number of rotatable bonds is 9. The molecule has 0 bridgehead atoms. The molecule has 1 N–H and O–H groups in total. The molecule has 0 aliphatic rings. The van der Waals surface area contributed by atoms with Crippen molar-refractivity contribution < 1.29 is 19.3 Å². The van der Waals surface area contributed by atoms with Crippen molar-refractivity contribution in [3.8, 4) is 11.5 Å². The number of hydrogen-bond acceptors (Lipinski definition) is 10. The molecule has 36 heavy (non-hydrogen) atoms. The Kier molecular flexibility index (Phi) is 7.48. The smallest absolute Gasteiger partial charge is 0.283 e. The highest BCUT2D eigenvalue weighted by molar-refractivity contribution is 7.92. The quantitative estimate of drug-likeness (QED) is 0.285. The molecule has 0 unspecified atom stereocenters. The molecule has 0 radical (unpaired) electrons. The van der Waals surface area contributed by atoms with E-state index in [0.717, 1.165) is 5.69 Å². The maximum Gasteiger partial charge on any atom is 0.283 e. The molecule has 0 amide bonds. The van der Waals surface area contributed by atoms with Crippen LogP contribution in [-0.4, -0.2) is 37.6 Å². The molecule has 4 rings (SSSR count). The van der Waals surface area contributed by atoms with Crippen molar-refractivity contribution in [3.63, 3.8) is 0 Å². The number of sulfonamides is 1. The van der Waals surface area contributed by atoms with Gasteiger partial charge in [-0.25, -0.2) is 19.3 Å². The summed E-state index contributed by atoms with van der Waals surface area (Å²) in [6, 6.07) is 8.39. The zero-order valence-corrected chi connectivity index (χ0v) is 23.0. The lowest BCUT2D eigenvalue weighted by Gasteiger charge is -2.22. The SMILES string of the molecule is COc1ccc(CN(c2nccs2)S(=O)(=O)c2ccc(Nc3nc(C(C)(C)C)cs3)cn2)c(OC)c1.[HH]. The normalized spacial score (nSPS) is 11.8. The minimum Gasteiger partial charge on any atom is -0.497 e. The maximum absolute atomic E-state index is 13.7. The van der Waals surface area contributed by atoms with Crippen molar-refractivity contribution in [2.45, 2.75) is 37.8 Å². The predicted molar refractivity (Wildman–Crippen MR) is 145 cm³/mol. The monoisotopic (exact) mass is 547 g/mol. The topological polar surface area (TPSA) is 107 Å². The van der Waals surface area contributed by atoms with Gasteiger partial charge in [-0.2, -0.15) is 8.42 Å². The van der Waals surface area contributed by atoms with Crippen LogP contribution < -0.4 is 19.1 Å². The van der Waals surface area contributed by atoms with Crippen molar-refractivity contribution in [2.24, 2.45) is 0 Å². The van der Waals surface area contributed by atoms with Crippen LogP contribution in [0.2, 0.25) is 0 Å². The Morgan fingerprint density at radius 3 is 2.47 bits per heavy atom. The molecule has 0 atom stereocenters. The van der Waals surface area contributed by atoms with Gasteiger partial charge in [0.15, 0.2) is 15.3 Å². The Morgan fingerprint density at radius 2 is 1.89 bits per heavy atom. The van der Waals surface area contributed by atoms with E-state index in [1.807, 2.05) is 5.38 Å². The molecule has 192 valence electrons. The van der Waals surface area contributed by atoms with Gasteiger partial charge in [-0.1, -0.05) is 20.8 Å². The summed E-state index contributed by atoms with van der Waals surface area (Å²) in [5.74, 6) is 1.12. The lowest BCUT2D eigenvalue weighted by molar-refractivity contribution is 0.391. The van der Waals surface area contributed by atoms with Gasteiger partial charge in [0, 0.05) is 35.4 Å². The van der Waals surface area contributed by atoms with Crippen molar-refractivity contribution in [1.82, 2.24) is 15.0 Å². The van der Waals surface area contributed by atoms with E-state index in [1.165, 1.54) is 46.4 Å². The van der Waals surface area contributed by atoms with Crippen LogP contribution in [0.3, 0.4) is 0 Å². The fourth-order valence-corrected chi connectivity index (χ4v) is 6.39. The highest BCUT2D eigenvalue weighted by Crippen LogP contribution is 2.32. The number of benzene rings is 1. The first-order valence-corrected chi connectivity index (χ1v) is 14.1. The summed E-state index contributed by atoms with van der Waals surface area (Å²) < 4.78 is 39.3. The molecule has 9 nitrogen and oxygen atoms in total. The first-order chi connectivity index (χ1) is 17.1. The molecule has 0 fully saturated rings. The minimum atomic E-state index is -4.03. The van der Waals surface area contributed by atoms with E-state index in [-0.39, 0.29) is 18.4 Å². The lowest BCUT2D eigenvalue weighted by atomic mass is 9.93. The molecule has 3 heterocycles. The van der Waals surface area contributed by atoms with Crippen LogP contribution in [-0.2, 0) is 22.0 Å². The third-order valence-corrected chi connectivity index (χ3v) is 8.58. The number of nitrogens with zero attached hydrogens (tertiary/aromatic N) is 4. The van der Waals surface area contributed by atoms with Gasteiger partial charge >= 0.3 is 0 Å². The molecule has 0 spiro atoms. The third-order valence-electron chi connectivity index (χ3n) is 5.26. The van der Waals surface area contributed by atoms with Gasteiger partial charge < -0.3 is 14.8 Å². The Bertz CT molecular complexity index is 1420. The van der Waals surface area contributed by atoms with Crippen LogP contribution >= 0.6 is 22.7 Å². The largest absolute Gasteiger partial charge is 0.497 e. The molecule has 0 saturated carbocycles. The second-order valence-electron chi connectivity index (χ2n) is 8.80. The Balaban J connectivity index is 0.00000380. The molecule has 0 aliphatic heterocycles. The molecule has 12 heteroatoms. The van der Waals surface area contributed by atoms with Gasteiger partial charge in [-0.3, -0.25) is 0 Å². The summed E-state index contributed by atoms with van der Waals surface area (Å²) in [6.45, 7) is 6.31. The van der Waals surface area contributed by atoms with E-state index in [0.29, 0.717) is 33.0 Å². The van der Waals surface area contributed by atoms with E-state index in [1.54, 1.807) is 43.0 Å². The summed E-state index contributed by atoms with van der Waals surface area (Å²) in [7, 11) is -0.938. The molecule has 4 aromatic rings. The molecule has 0 saturated heterocycles. The van der Waals surface area contributed by atoms with Gasteiger partial charge in [-0.15, -0.1) is 22.7 Å². The zero-order chi connectivity index (χ0) is 25.9. The van der Waals surface area contributed by atoms with Crippen LogP contribution in [0.1, 0.15) is 33.5 Å². The maximum atomic E-state index is 13.7. The average Bonchev–Trinajstić information content (AvgIpc) is 3.55. The molecule has 3 aromatic heterocycles. The number of thiazole rings is 2. The number of hydrogen-bond donors (Lipinski definition) is 1. The first kappa shape index (κ1) is 25.9. The first-order valence-electron chi connectivity index (χ1n) is 10.9. The van der Waals surface area contributed by atoms with E-state index < -0.39 is 10.0 Å². The second kappa shape index (κ2) is 10.4. The zero-order valence-electron chi connectivity index (χ0n) is 20.5. The van der Waals surface area contributed by atoms with Crippen LogP contribution in [0.15, 0.2) is 58.5 Å². The number of aromatic nitrogens is 3. The van der Waals surface area contributed by atoms with Gasteiger partial charge in [0.25, 0.3) is 10.0 Å². The van der Waals surface area contributed by atoms with Crippen LogP contribution in [0.25, 0.3) is 0 Å². The van der Waals surface area contributed by atoms with Gasteiger partial charge in [0.2, 0.25) is 0 Å². The number of methoxy groups -OCH3 is 2. The van der Waals surface area contributed by atoms with Crippen molar-refractivity contribution in [1.29, 1.82) is 0 Å². The Hall–Kier alpha value is -3.22. The highest BCUT2D eigenvalue weighted by atomic mass is 32.2. The predicted octanol–water partition coefficient (Wildman–Crippen LogP) is 5.69. The Labute approximate surface area is 220 Å². The average molecular weight is 548 g/mol. The van der Waals surface area contributed by atoms with Gasteiger partial charge in [0.05, 0.1) is 38.3 Å². The van der Waals surface area contributed by atoms with Crippen LogP contribution in [0.5, 0.6) is 11.5 Å². The lowest BCUT2D eigenvalue weighted by Crippen LogP contribution is -2.31. The summed E-state index contributed by atoms with van der Waals surface area (Å²) in [4.78, 5) is 13.1. The summed E-state index contributed by atoms with van der Waals surface area (Å²) in [6.07, 6.45) is 3.05. The molecular weight excluding hydrogens is 518 g/mol. The van der Waals surface area contributed by atoms with E-state index in [9.17, 15) is 8.42 Å². The van der Waals surface area contributed by atoms with Crippen LogP contribution in [0, 0.1) is 0 Å². The second-order valence-corrected chi connectivity index (χ2v) is 12.3. The number of ether oxygens (including phenoxy) is 2. The number of anilines is 3. The van der Waals surface area contributed by atoms with Crippen molar-refractivity contribution in [3.05, 3.63) is 64.7 Å². The fourth-order valence-electron chi connectivity index (χ4n) is 3.25. The standard InChI is InChI=1S/C24H27N5O4S3.H2/c1-24(2,3)20-15-35-22(28-20)27-17-7-9-21(26-13-17)36(30,31)29(23-25-10-11-34-23)14-16-6-8-18(32-4)12-19(16)33-5;/h6-13,15H,14H2,1-5H3,(H,27,28);1H. The van der Waals surface area contributed by atoms with E-state index in [2.05, 4.69) is 41.0 Å². The van der Waals surface area contributed by atoms with E-state index in [4.69, 9.17) is 9.47 Å². The number of pyridine rings is 1.